The van der Waals surface area contributed by atoms with Gasteiger partial charge in [0.1, 0.15) is 24.4 Å². The molecule has 0 saturated carbocycles. The molecule has 0 aromatic carbocycles. The Morgan fingerprint density at radius 3 is 1.57 bits per heavy atom. The number of carbonyl (C=O) groups is 2. The van der Waals surface area contributed by atoms with E-state index >= 15 is 0 Å². The molecule has 1 aliphatic heterocycles. The van der Waals surface area contributed by atoms with Gasteiger partial charge in [0.05, 0.1) is 32.0 Å². The molecule has 11 heteroatoms. The summed E-state index contributed by atoms with van der Waals surface area (Å²) in [6, 6.07) is -0.848. The second kappa shape index (κ2) is 47.4. The molecule has 1 fully saturated rings. The van der Waals surface area contributed by atoms with E-state index in [0.29, 0.717) is 25.9 Å². The van der Waals surface area contributed by atoms with Crippen molar-refractivity contribution in [3.05, 3.63) is 72.9 Å². The molecular formula is C58H101NO10. The maximum absolute atomic E-state index is 13.0. The van der Waals surface area contributed by atoms with E-state index in [0.717, 1.165) is 103 Å². The van der Waals surface area contributed by atoms with Crippen molar-refractivity contribution in [2.45, 2.75) is 262 Å². The molecule has 1 rings (SSSR count). The van der Waals surface area contributed by atoms with Gasteiger partial charge in [-0.05, 0) is 116 Å². The number of hydrogen-bond acceptors (Lipinski definition) is 10. The number of rotatable bonds is 46. The SMILES string of the molecule is CCCC/C=C\CCCCCCCC(=O)OCCCCC/C=C\C/C=C\CCCCCCCCCC(=O)NC(COC1OC(CO)C(O)C(O)C1O)C(O)/C=C/CC/C=C/CC/C=C/CCCCC. The maximum Gasteiger partial charge on any atom is 0.305 e. The van der Waals surface area contributed by atoms with Crippen molar-refractivity contribution in [1.29, 1.82) is 0 Å². The van der Waals surface area contributed by atoms with Crippen molar-refractivity contribution in [3.63, 3.8) is 0 Å². The van der Waals surface area contributed by atoms with E-state index in [1.807, 2.05) is 6.08 Å². The van der Waals surface area contributed by atoms with Gasteiger partial charge < -0.3 is 45.1 Å². The summed E-state index contributed by atoms with van der Waals surface area (Å²) in [5.74, 6) is -0.262. The van der Waals surface area contributed by atoms with Crippen LogP contribution in [0.1, 0.15) is 219 Å². The van der Waals surface area contributed by atoms with Crippen LogP contribution in [0.5, 0.6) is 0 Å². The minimum absolute atomic E-state index is 0.0460. The average molecular weight is 972 g/mol. The first-order valence-electron chi connectivity index (χ1n) is 27.7. The van der Waals surface area contributed by atoms with Crippen molar-refractivity contribution < 1.29 is 49.3 Å². The van der Waals surface area contributed by atoms with Crippen molar-refractivity contribution >= 4 is 11.9 Å². The largest absolute Gasteiger partial charge is 0.466 e. The summed E-state index contributed by atoms with van der Waals surface area (Å²) in [4.78, 5) is 25.0. The highest BCUT2D eigenvalue weighted by atomic mass is 16.7. The number of carbonyl (C=O) groups excluding carboxylic acids is 2. The third-order valence-electron chi connectivity index (χ3n) is 12.5. The van der Waals surface area contributed by atoms with Crippen LogP contribution < -0.4 is 5.32 Å². The number of amides is 1. The van der Waals surface area contributed by atoms with E-state index in [1.165, 1.54) is 83.5 Å². The van der Waals surface area contributed by atoms with Gasteiger partial charge >= 0.3 is 5.97 Å². The number of hydrogen-bond donors (Lipinski definition) is 6. The lowest BCUT2D eigenvalue weighted by Crippen LogP contribution is -2.60. The number of nitrogens with one attached hydrogen (secondary N) is 1. The molecule has 0 aromatic heterocycles. The molecular weight excluding hydrogens is 871 g/mol. The standard InChI is InChI=1S/C58H101NO10/c1-3-5-7-9-11-13-15-21-25-28-32-36-40-44-51(61)50(49-68-58-57(66)56(65)55(64)52(48-60)69-58)59-53(62)45-41-37-33-29-26-22-19-17-16-18-20-23-27-31-35-39-43-47-67-54(63)46-42-38-34-30-24-14-12-10-8-6-4-2/h10-13,16,18,23,25,27-28,40,44,50-52,55-58,60-61,64-66H,3-9,14-15,17,19-22,24,26,29-39,41-43,45-49H2,1-2H3,(H,59,62)/b12-10-,13-11+,18-16-,27-23-,28-25+,44-40+. The van der Waals surface area contributed by atoms with Crippen LogP contribution >= 0.6 is 0 Å². The van der Waals surface area contributed by atoms with E-state index in [1.54, 1.807) is 6.08 Å². The molecule has 7 atom stereocenters. The van der Waals surface area contributed by atoms with Crippen LogP contribution in [0, 0.1) is 0 Å². The summed E-state index contributed by atoms with van der Waals surface area (Å²) < 4.78 is 16.6. The van der Waals surface area contributed by atoms with E-state index in [-0.39, 0.29) is 18.5 Å². The summed E-state index contributed by atoms with van der Waals surface area (Å²) >= 11 is 0. The molecule has 0 bridgehead atoms. The first-order valence-corrected chi connectivity index (χ1v) is 27.7. The Hall–Kier alpha value is -2.90. The zero-order valence-corrected chi connectivity index (χ0v) is 43.5. The highest BCUT2D eigenvalue weighted by Gasteiger charge is 2.44. The molecule has 0 spiro atoms. The Kier molecular flexibility index (Phi) is 44.1. The molecule has 1 heterocycles. The fraction of sp³-hybridized carbons (Fsp3) is 0.759. The number of aliphatic hydroxyl groups excluding tert-OH is 5. The van der Waals surface area contributed by atoms with Crippen LogP contribution in [0.4, 0.5) is 0 Å². The van der Waals surface area contributed by atoms with Crippen LogP contribution in [-0.2, 0) is 23.8 Å². The van der Waals surface area contributed by atoms with E-state index in [9.17, 15) is 35.1 Å². The summed E-state index contributed by atoms with van der Waals surface area (Å²) in [5.41, 5.74) is 0. The highest BCUT2D eigenvalue weighted by Crippen LogP contribution is 2.22. The lowest BCUT2D eigenvalue weighted by atomic mass is 9.99. The predicted octanol–water partition coefficient (Wildman–Crippen LogP) is 12.1. The summed E-state index contributed by atoms with van der Waals surface area (Å²) in [6.45, 7) is 4.17. The molecule has 0 aliphatic carbocycles. The Labute approximate surface area is 420 Å². The monoisotopic (exact) mass is 972 g/mol. The maximum atomic E-state index is 13.0. The van der Waals surface area contributed by atoms with Crippen LogP contribution in [0.25, 0.3) is 0 Å². The second-order valence-electron chi connectivity index (χ2n) is 18.9. The zero-order valence-electron chi connectivity index (χ0n) is 43.5. The first-order chi connectivity index (χ1) is 33.7. The molecule has 0 radical (unpaired) electrons. The summed E-state index contributed by atoms with van der Waals surface area (Å²) in [6.07, 6.45) is 51.2. The van der Waals surface area contributed by atoms with E-state index < -0.39 is 49.5 Å². The fourth-order valence-electron chi connectivity index (χ4n) is 8.00. The lowest BCUT2D eigenvalue weighted by Gasteiger charge is -2.40. The highest BCUT2D eigenvalue weighted by molar-refractivity contribution is 5.76. The van der Waals surface area contributed by atoms with Gasteiger partial charge in [0.2, 0.25) is 5.91 Å². The number of aliphatic hydroxyl groups is 5. The van der Waals surface area contributed by atoms with E-state index in [2.05, 4.69) is 79.9 Å². The molecule has 69 heavy (non-hydrogen) atoms. The van der Waals surface area contributed by atoms with Crippen molar-refractivity contribution in [1.82, 2.24) is 5.32 Å². The second-order valence-corrected chi connectivity index (χ2v) is 18.9. The molecule has 0 aromatic rings. The molecule has 1 aliphatic rings. The minimum Gasteiger partial charge on any atom is -0.466 e. The molecule has 1 amide bonds. The number of ether oxygens (including phenoxy) is 3. The van der Waals surface area contributed by atoms with Crippen molar-refractivity contribution in [3.8, 4) is 0 Å². The van der Waals surface area contributed by atoms with Crippen LogP contribution in [0.2, 0.25) is 0 Å². The molecule has 6 N–H and O–H groups in total. The number of allylic oxidation sites excluding steroid dienone is 11. The third kappa shape index (κ3) is 37.5. The smallest absolute Gasteiger partial charge is 0.305 e. The van der Waals surface area contributed by atoms with Crippen molar-refractivity contribution in [2.24, 2.45) is 0 Å². The van der Waals surface area contributed by atoms with Gasteiger partial charge in [0, 0.05) is 12.8 Å². The summed E-state index contributed by atoms with van der Waals surface area (Å²) in [5, 5.41) is 54.2. The molecule has 1 saturated heterocycles. The van der Waals surface area contributed by atoms with Gasteiger partial charge in [-0.15, -0.1) is 0 Å². The van der Waals surface area contributed by atoms with Gasteiger partial charge in [-0.25, -0.2) is 0 Å². The van der Waals surface area contributed by atoms with Crippen LogP contribution in [-0.4, -0.2) is 100 Å². The normalized spacial score (nSPS) is 19.9. The van der Waals surface area contributed by atoms with Gasteiger partial charge in [-0.3, -0.25) is 9.59 Å². The quantitative estimate of drug-likeness (QED) is 0.0196. The number of esters is 1. The topological polar surface area (TPSA) is 175 Å². The molecule has 11 nitrogen and oxygen atoms in total. The molecule has 7 unspecified atom stereocenters. The first kappa shape index (κ1) is 64.1. The van der Waals surface area contributed by atoms with E-state index in [4.69, 9.17) is 14.2 Å². The Bertz CT molecular complexity index is 1380. The van der Waals surface area contributed by atoms with Crippen molar-refractivity contribution in [2.75, 3.05) is 19.8 Å². The van der Waals surface area contributed by atoms with Gasteiger partial charge in [-0.1, -0.05) is 164 Å². The van der Waals surface area contributed by atoms with Crippen LogP contribution in [0.15, 0.2) is 72.9 Å². The summed E-state index contributed by atoms with van der Waals surface area (Å²) in [7, 11) is 0. The lowest BCUT2D eigenvalue weighted by molar-refractivity contribution is -0.302. The molecule has 398 valence electrons. The Morgan fingerprint density at radius 2 is 1.00 bits per heavy atom. The third-order valence-corrected chi connectivity index (χ3v) is 12.5. The predicted molar refractivity (Wildman–Crippen MR) is 283 cm³/mol. The average Bonchev–Trinajstić information content (AvgIpc) is 3.34. The van der Waals surface area contributed by atoms with Gasteiger partial charge in [0.15, 0.2) is 6.29 Å². The van der Waals surface area contributed by atoms with Gasteiger partial charge in [-0.2, -0.15) is 0 Å². The van der Waals surface area contributed by atoms with Crippen LogP contribution in [0.3, 0.4) is 0 Å². The fourth-order valence-corrected chi connectivity index (χ4v) is 8.00. The zero-order chi connectivity index (χ0) is 50.3. The number of unbranched alkanes of at least 4 members (excludes halogenated alkanes) is 22. The van der Waals surface area contributed by atoms with Gasteiger partial charge in [0.25, 0.3) is 0 Å². The minimum atomic E-state index is -1.59. The Morgan fingerprint density at radius 1 is 0.536 bits per heavy atom. The Balaban J connectivity index is 2.20.